The molecule has 0 spiro atoms. The summed E-state index contributed by atoms with van der Waals surface area (Å²) in [6.45, 7) is 11.8. The van der Waals surface area contributed by atoms with E-state index in [4.69, 9.17) is 5.10 Å². The van der Waals surface area contributed by atoms with E-state index in [1.165, 1.54) is 0 Å². The summed E-state index contributed by atoms with van der Waals surface area (Å²) in [4.78, 5) is 6.99. The van der Waals surface area contributed by atoms with Crippen molar-refractivity contribution >= 4 is 11.3 Å². The molecule has 3 heterocycles. The Kier molecular flexibility index (Phi) is 3.17. The summed E-state index contributed by atoms with van der Waals surface area (Å²) < 4.78 is 1.96. The van der Waals surface area contributed by atoms with Gasteiger partial charge in [0.2, 0.25) is 0 Å². The number of nitrogens with one attached hydrogen (secondary N) is 1. The summed E-state index contributed by atoms with van der Waals surface area (Å²) in [5, 5.41) is 8.12. The fraction of sp³-hybridized carbons (Fsp3) is 0.600. The van der Waals surface area contributed by atoms with Gasteiger partial charge in [0.1, 0.15) is 5.52 Å². The van der Waals surface area contributed by atoms with E-state index in [2.05, 4.69) is 49.0 Å². The van der Waals surface area contributed by atoms with Crippen LogP contribution in [-0.2, 0) is 5.41 Å². The average molecular weight is 273 g/mol. The minimum Gasteiger partial charge on any atom is -0.350 e. The topological polar surface area (TPSA) is 45.5 Å². The van der Waals surface area contributed by atoms with Gasteiger partial charge in [-0.3, -0.25) is 0 Å². The minimum absolute atomic E-state index is 0.0539. The van der Waals surface area contributed by atoms with Crippen LogP contribution in [0.4, 0.5) is 5.82 Å². The SMILES string of the molecule is CC1CNCCN1c1nccn2nc(C(C)(C)C)cc12. The lowest BCUT2D eigenvalue weighted by atomic mass is 9.92. The standard InChI is InChI=1S/C15H23N5/c1-11-10-16-5-7-19(11)14-12-9-13(15(2,3)4)18-20(12)8-6-17-14/h6,8-9,11,16H,5,7,10H2,1-4H3. The molecule has 3 rings (SSSR count). The van der Waals surface area contributed by atoms with Gasteiger partial charge in [0, 0.05) is 43.5 Å². The Morgan fingerprint density at radius 2 is 2.15 bits per heavy atom. The van der Waals surface area contributed by atoms with Gasteiger partial charge >= 0.3 is 0 Å². The van der Waals surface area contributed by atoms with E-state index in [1.807, 2.05) is 16.9 Å². The van der Waals surface area contributed by atoms with Gasteiger partial charge in [0.15, 0.2) is 5.82 Å². The monoisotopic (exact) mass is 273 g/mol. The maximum Gasteiger partial charge on any atom is 0.155 e. The summed E-state index contributed by atoms with van der Waals surface area (Å²) in [7, 11) is 0. The molecular weight excluding hydrogens is 250 g/mol. The normalized spacial score (nSPS) is 20.6. The average Bonchev–Trinajstić information content (AvgIpc) is 2.83. The van der Waals surface area contributed by atoms with E-state index in [1.54, 1.807) is 0 Å². The number of piperazine rings is 1. The molecule has 1 fully saturated rings. The van der Waals surface area contributed by atoms with Gasteiger partial charge in [-0.05, 0) is 13.0 Å². The number of fused-ring (bicyclic) bond motifs is 1. The quantitative estimate of drug-likeness (QED) is 0.861. The van der Waals surface area contributed by atoms with Crippen LogP contribution in [0.25, 0.3) is 5.52 Å². The maximum absolute atomic E-state index is 4.70. The predicted molar refractivity (Wildman–Crippen MR) is 81.4 cm³/mol. The van der Waals surface area contributed by atoms with Crippen LogP contribution in [0.2, 0.25) is 0 Å². The molecule has 2 aromatic rings. The fourth-order valence-electron chi connectivity index (χ4n) is 2.65. The number of nitrogens with zero attached hydrogens (tertiary/aromatic N) is 4. The maximum atomic E-state index is 4.70. The van der Waals surface area contributed by atoms with E-state index >= 15 is 0 Å². The summed E-state index contributed by atoms with van der Waals surface area (Å²) in [6, 6.07) is 2.63. The lowest BCUT2D eigenvalue weighted by Crippen LogP contribution is -2.50. The Bertz CT molecular complexity index is 610. The zero-order chi connectivity index (χ0) is 14.3. The number of hydrogen-bond acceptors (Lipinski definition) is 4. The van der Waals surface area contributed by atoms with E-state index in [0.29, 0.717) is 6.04 Å². The highest BCUT2D eigenvalue weighted by Crippen LogP contribution is 2.27. The Balaban J connectivity index is 2.09. The molecule has 1 N–H and O–H groups in total. The molecule has 108 valence electrons. The largest absolute Gasteiger partial charge is 0.350 e. The van der Waals surface area contributed by atoms with Gasteiger partial charge in [-0.1, -0.05) is 20.8 Å². The van der Waals surface area contributed by atoms with Crippen LogP contribution in [0.3, 0.4) is 0 Å². The first-order valence-corrected chi connectivity index (χ1v) is 7.29. The minimum atomic E-state index is 0.0539. The predicted octanol–water partition coefficient (Wildman–Crippen LogP) is 1.82. The third kappa shape index (κ3) is 2.26. The van der Waals surface area contributed by atoms with E-state index < -0.39 is 0 Å². The number of hydrogen-bond donors (Lipinski definition) is 1. The lowest BCUT2D eigenvalue weighted by Gasteiger charge is -2.35. The van der Waals surface area contributed by atoms with Crippen LogP contribution >= 0.6 is 0 Å². The van der Waals surface area contributed by atoms with Crippen LogP contribution < -0.4 is 10.2 Å². The van der Waals surface area contributed by atoms with Gasteiger partial charge < -0.3 is 10.2 Å². The second-order valence-electron chi connectivity index (χ2n) is 6.61. The number of anilines is 1. The van der Waals surface area contributed by atoms with Gasteiger partial charge in [-0.25, -0.2) is 9.50 Å². The molecule has 1 aliphatic rings. The van der Waals surface area contributed by atoms with Crippen LogP contribution in [0.1, 0.15) is 33.4 Å². The highest BCUT2D eigenvalue weighted by Gasteiger charge is 2.24. The van der Waals surface area contributed by atoms with E-state index in [0.717, 1.165) is 36.7 Å². The molecule has 0 aromatic carbocycles. The zero-order valence-electron chi connectivity index (χ0n) is 12.7. The Hall–Kier alpha value is -1.62. The van der Waals surface area contributed by atoms with Crippen LogP contribution in [-0.4, -0.2) is 40.3 Å². The van der Waals surface area contributed by atoms with Crippen molar-refractivity contribution in [1.82, 2.24) is 19.9 Å². The van der Waals surface area contributed by atoms with Crippen molar-refractivity contribution in [2.45, 2.75) is 39.2 Å². The van der Waals surface area contributed by atoms with Crippen molar-refractivity contribution in [2.75, 3.05) is 24.5 Å². The third-order valence-corrected chi connectivity index (χ3v) is 3.91. The lowest BCUT2D eigenvalue weighted by molar-refractivity contribution is 0.497. The zero-order valence-corrected chi connectivity index (χ0v) is 12.7. The van der Waals surface area contributed by atoms with Gasteiger partial charge in [0.05, 0.1) is 5.69 Å². The first kappa shape index (κ1) is 13.4. The molecule has 0 aliphatic carbocycles. The van der Waals surface area contributed by atoms with Crippen molar-refractivity contribution in [3.8, 4) is 0 Å². The number of rotatable bonds is 1. The Morgan fingerprint density at radius 1 is 1.35 bits per heavy atom. The number of aromatic nitrogens is 3. The van der Waals surface area contributed by atoms with Crippen LogP contribution in [0.15, 0.2) is 18.5 Å². The summed E-state index contributed by atoms with van der Waals surface area (Å²) in [6.07, 6.45) is 3.78. The molecule has 0 bridgehead atoms. The Morgan fingerprint density at radius 3 is 2.85 bits per heavy atom. The fourth-order valence-corrected chi connectivity index (χ4v) is 2.65. The van der Waals surface area contributed by atoms with E-state index in [-0.39, 0.29) is 5.41 Å². The smallest absolute Gasteiger partial charge is 0.155 e. The molecule has 0 amide bonds. The van der Waals surface area contributed by atoms with Gasteiger partial charge in [0.25, 0.3) is 0 Å². The molecule has 5 heteroatoms. The molecular formula is C15H23N5. The van der Waals surface area contributed by atoms with Crippen molar-refractivity contribution in [1.29, 1.82) is 0 Å². The molecule has 2 aromatic heterocycles. The highest BCUT2D eigenvalue weighted by atomic mass is 15.3. The van der Waals surface area contributed by atoms with Crippen molar-refractivity contribution in [3.63, 3.8) is 0 Å². The molecule has 0 radical (unpaired) electrons. The van der Waals surface area contributed by atoms with Crippen molar-refractivity contribution < 1.29 is 0 Å². The second kappa shape index (κ2) is 4.74. The molecule has 1 saturated heterocycles. The van der Waals surface area contributed by atoms with Crippen LogP contribution in [0.5, 0.6) is 0 Å². The van der Waals surface area contributed by atoms with Gasteiger partial charge in [-0.15, -0.1) is 0 Å². The molecule has 1 aliphatic heterocycles. The third-order valence-electron chi connectivity index (χ3n) is 3.91. The molecule has 20 heavy (non-hydrogen) atoms. The van der Waals surface area contributed by atoms with Gasteiger partial charge in [-0.2, -0.15) is 5.10 Å². The molecule has 5 nitrogen and oxygen atoms in total. The van der Waals surface area contributed by atoms with Crippen molar-refractivity contribution in [2.24, 2.45) is 0 Å². The summed E-state index contributed by atoms with van der Waals surface area (Å²) >= 11 is 0. The molecule has 1 unspecified atom stereocenters. The first-order valence-electron chi connectivity index (χ1n) is 7.29. The highest BCUT2D eigenvalue weighted by molar-refractivity contribution is 5.70. The first-order chi connectivity index (χ1) is 9.47. The molecule has 0 saturated carbocycles. The van der Waals surface area contributed by atoms with Crippen molar-refractivity contribution in [3.05, 3.63) is 24.2 Å². The van der Waals surface area contributed by atoms with Crippen LogP contribution in [0, 0.1) is 0 Å². The van der Waals surface area contributed by atoms with E-state index in [9.17, 15) is 0 Å². The summed E-state index contributed by atoms with van der Waals surface area (Å²) in [5.41, 5.74) is 2.26. The molecule has 1 atom stereocenters. The summed E-state index contributed by atoms with van der Waals surface area (Å²) in [5.74, 6) is 1.05. The Labute approximate surface area is 120 Å². The second-order valence-corrected chi connectivity index (χ2v) is 6.61.